The highest BCUT2D eigenvalue weighted by Crippen LogP contribution is 2.27. The molecule has 0 aliphatic carbocycles. The van der Waals surface area contributed by atoms with E-state index in [4.69, 9.17) is 14.9 Å². The molecule has 16 heavy (non-hydrogen) atoms. The number of aliphatic carboxylic acids is 1. The number of carbonyl (C=O) groups is 1. The Balaban J connectivity index is 2.74. The number of ether oxygens (including phenoxy) is 1. The van der Waals surface area contributed by atoms with Crippen molar-refractivity contribution in [2.24, 2.45) is 0 Å². The van der Waals surface area contributed by atoms with Gasteiger partial charge in [-0.1, -0.05) is 0 Å². The minimum atomic E-state index is -2.37. The first kappa shape index (κ1) is 13.3. The molecule has 0 bridgehead atoms. The predicted octanol–water partition coefficient (Wildman–Crippen LogP) is -1.77. The van der Waals surface area contributed by atoms with Crippen molar-refractivity contribution in [1.82, 2.24) is 5.32 Å². The largest absolute Gasteiger partial charge is 0.477 e. The van der Waals surface area contributed by atoms with Gasteiger partial charge in [0.15, 0.2) is 0 Å². The molecule has 0 spiro atoms. The highest BCUT2D eigenvalue weighted by atomic mass is 16.7. The molecule has 1 saturated heterocycles. The van der Waals surface area contributed by atoms with Gasteiger partial charge in [-0.3, -0.25) is 5.32 Å². The van der Waals surface area contributed by atoms with Crippen molar-refractivity contribution < 1.29 is 30.0 Å². The quantitative estimate of drug-likeness (QED) is 0.367. The number of aliphatic hydroxyl groups is 3. The summed E-state index contributed by atoms with van der Waals surface area (Å²) in [5, 5.41) is 39.8. The van der Waals surface area contributed by atoms with Gasteiger partial charge in [0.1, 0.15) is 6.23 Å². The molecule has 5 atom stereocenters. The summed E-state index contributed by atoms with van der Waals surface area (Å²) in [6, 6.07) is -0.625. The Bertz CT molecular complexity index is 257. The SMILES string of the molecule is CC(O)NC1C(O)CC(O)(C(=O)O)OC1C. The second-order valence-corrected chi connectivity index (χ2v) is 4.05. The molecule has 1 aliphatic heterocycles. The van der Waals surface area contributed by atoms with Gasteiger partial charge in [-0.25, -0.2) is 4.79 Å². The van der Waals surface area contributed by atoms with Crippen LogP contribution in [0.15, 0.2) is 0 Å². The lowest BCUT2D eigenvalue weighted by atomic mass is 9.94. The van der Waals surface area contributed by atoms with Crippen LogP contribution >= 0.6 is 0 Å². The van der Waals surface area contributed by atoms with E-state index in [-0.39, 0.29) is 0 Å². The van der Waals surface area contributed by atoms with E-state index < -0.39 is 42.7 Å². The highest BCUT2D eigenvalue weighted by molar-refractivity contribution is 5.75. The molecule has 7 nitrogen and oxygen atoms in total. The number of nitrogens with one attached hydrogen (secondary N) is 1. The average molecular weight is 235 g/mol. The van der Waals surface area contributed by atoms with Gasteiger partial charge in [0.05, 0.1) is 18.2 Å². The first-order valence-corrected chi connectivity index (χ1v) is 5.02. The predicted molar refractivity (Wildman–Crippen MR) is 52.4 cm³/mol. The van der Waals surface area contributed by atoms with Crippen molar-refractivity contribution >= 4 is 5.97 Å². The van der Waals surface area contributed by atoms with Crippen LogP contribution in [0.25, 0.3) is 0 Å². The third kappa shape index (κ3) is 2.69. The standard InChI is InChI=1S/C9H17NO6/c1-4-7(10-5(2)11)6(12)3-9(15,16-4)8(13)14/h4-7,10-12,15H,3H2,1-2H3,(H,13,14). The van der Waals surface area contributed by atoms with Crippen LogP contribution in [0.2, 0.25) is 0 Å². The zero-order valence-electron chi connectivity index (χ0n) is 9.12. The summed E-state index contributed by atoms with van der Waals surface area (Å²) in [5.41, 5.74) is 0. The zero-order valence-corrected chi connectivity index (χ0v) is 9.12. The van der Waals surface area contributed by atoms with E-state index in [2.05, 4.69) is 5.32 Å². The monoisotopic (exact) mass is 235 g/mol. The molecule has 0 aromatic heterocycles. The molecule has 5 unspecified atom stereocenters. The lowest BCUT2D eigenvalue weighted by molar-refractivity contribution is -0.275. The second-order valence-electron chi connectivity index (χ2n) is 4.05. The molecule has 94 valence electrons. The molecular formula is C9H17NO6. The van der Waals surface area contributed by atoms with Crippen molar-refractivity contribution in [1.29, 1.82) is 0 Å². The Morgan fingerprint density at radius 2 is 2.19 bits per heavy atom. The summed E-state index contributed by atoms with van der Waals surface area (Å²) in [5.74, 6) is -3.90. The van der Waals surface area contributed by atoms with Gasteiger partial charge in [0.2, 0.25) is 0 Å². The van der Waals surface area contributed by atoms with E-state index in [0.29, 0.717) is 0 Å². The average Bonchev–Trinajstić information content (AvgIpc) is 2.10. The van der Waals surface area contributed by atoms with Crippen LogP contribution in [-0.4, -0.2) is 56.7 Å². The van der Waals surface area contributed by atoms with Crippen molar-refractivity contribution in [3.05, 3.63) is 0 Å². The summed E-state index contributed by atoms with van der Waals surface area (Å²) in [4.78, 5) is 10.7. The van der Waals surface area contributed by atoms with E-state index in [1.807, 2.05) is 0 Å². The number of rotatable bonds is 3. The molecule has 1 fully saturated rings. The second kappa shape index (κ2) is 4.64. The maximum Gasteiger partial charge on any atom is 0.364 e. The number of carboxylic acids is 1. The van der Waals surface area contributed by atoms with Gasteiger partial charge in [-0.15, -0.1) is 0 Å². The van der Waals surface area contributed by atoms with Gasteiger partial charge in [-0.05, 0) is 13.8 Å². The first-order valence-electron chi connectivity index (χ1n) is 5.02. The minimum Gasteiger partial charge on any atom is -0.477 e. The van der Waals surface area contributed by atoms with Crippen LogP contribution in [0.1, 0.15) is 20.3 Å². The Morgan fingerprint density at radius 3 is 2.56 bits per heavy atom. The number of aliphatic hydroxyl groups excluding tert-OH is 2. The lowest BCUT2D eigenvalue weighted by Crippen LogP contribution is -2.62. The van der Waals surface area contributed by atoms with Crippen LogP contribution in [0.4, 0.5) is 0 Å². The molecule has 0 aromatic rings. The minimum absolute atomic E-state index is 0.447. The number of carboxylic acid groups (broad SMARTS) is 1. The Hall–Kier alpha value is -0.730. The molecule has 1 rings (SSSR count). The number of hydrogen-bond acceptors (Lipinski definition) is 6. The molecular weight excluding hydrogens is 218 g/mol. The maximum atomic E-state index is 10.7. The van der Waals surface area contributed by atoms with E-state index >= 15 is 0 Å². The molecule has 0 radical (unpaired) electrons. The van der Waals surface area contributed by atoms with Gasteiger partial charge in [0.25, 0.3) is 5.79 Å². The lowest BCUT2D eigenvalue weighted by Gasteiger charge is -2.41. The summed E-state index contributed by atoms with van der Waals surface area (Å²) in [7, 11) is 0. The Labute approximate surface area is 92.7 Å². The van der Waals surface area contributed by atoms with Crippen molar-refractivity contribution in [3.8, 4) is 0 Å². The molecule has 1 heterocycles. The van der Waals surface area contributed by atoms with Gasteiger partial charge >= 0.3 is 5.97 Å². The van der Waals surface area contributed by atoms with Crippen molar-refractivity contribution in [2.45, 2.75) is 50.5 Å². The third-order valence-corrected chi connectivity index (χ3v) is 2.55. The highest BCUT2D eigenvalue weighted by Gasteiger charge is 2.49. The molecule has 5 N–H and O–H groups in total. The Kier molecular flexibility index (Phi) is 3.87. The van der Waals surface area contributed by atoms with Crippen LogP contribution in [-0.2, 0) is 9.53 Å². The summed E-state index contributed by atoms with van der Waals surface area (Å²) in [6.45, 7) is 2.98. The normalized spacial score (nSPS) is 41.7. The molecule has 0 aromatic carbocycles. The molecule has 0 saturated carbocycles. The molecule has 1 aliphatic rings. The van der Waals surface area contributed by atoms with E-state index in [0.717, 1.165) is 0 Å². The van der Waals surface area contributed by atoms with Crippen LogP contribution in [0.3, 0.4) is 0 Å². The number of hydrogen-bond donors (Lipinski definition) is 5. The van der Waals surface area contributed by atoms with Gasteiger partial charge in [-0.2, -0.15) is 0 Å². The first-order chi connectivity index (χ1) is 7.26. The van der Waals surface area contributed by atoms with Crippen molar-refractivity contribution in [3.63, 3.8) is 0 Å². The molecule has 0 amide bonds. The van der Waals surface area contributed by atoms with E-state index in [1.165, 1.54) is 13.8 Å². The smallest absolute Gasteiger partial charge is 0.364 e. The summed E-state index contributed by atoms with van der Waals surface area (Å²) in [6.07, 6.45) is -3.16. The maximum absolute atomic E-state index is 10.7. The zero-order chi connectivity index (χ0) is 12.5. The van der Waals surface area contributed by atoms with Gasteiger partial charge in [0, 0.05) is 6.42 Å². The van der Waals surface area contributed by atoms with Gasteiger partial charge < -0.3 is 25.2 Å². The fraction of sp³-hybridized carbons (Fsp3) is 0.889. The van der Waals surface area contributed by atoms with E-state index in [1.54, 1.807) is 0 Å². The fourth-order valence-corrected chi connectivity index (χ4v) is 1.82. The van der Waals surface area contributed by atoms with Crippen LogP contribution in [0.5, 0.6) is 0 Å². The van der Waals surface area contributed by atoms with Crippen LogP contribution in [0, 0.1) is 0 Å². The van der Waals surface area contributed by atoms with E-state index in [9.17, 15) is 15.0 Å². The van der Waals surface area contributed by atoms with Crippen molar-refractivity contribution in [2.75, 3.05) is 0 Å². The Morgan fingerprint density at radius 1 is 1.62 bits per heavy atom. The molecule has 7 heteroatoms. The van der Waals surface area contributed by atoms with Crippen LogP contribution < -0.4 is 5.32 Å². The third-order valence-electron chi connectivity index (χ3n) is 2.55. The summed E-state index contributed by atoms with van der Waals surface area (Å²) >= 11 is 0. The fourth-order valence-electron chi connectivity index (χ4n) is 1.82. The topological polar surface area (TPSA) is 119 Å². The summed E-state index contributed by atoms with van der Waals surface area (Å²) < 4.78 is 4.94.